The number of carboxylic acid groups (broad SMARTS) is 1. The molecule has 1 amide bonds. The Morgan fingerprint density at radius 2 is 2.00 bits per heavy atom. The summed E-state index contributed by atoms with van der Waals surface area (Å²) < 4.78 is 4.99. The van der Waals surface area contributed by atoms with Crippen LogP contribution in [0.3, 0.4) is 0 Å². The van der Waals surface area contributed by atoms with Gasteiger partial charge in [-0.3, -0.25) is 4.79 Å². The molecule has 0 aliphatic heterocycles. The molecule has 3 N–H and O–H groups in total. The van der Waals surface area contributed by atoms with Crippen LogP contribution >= 0.6 is 0 Å². The fourth-order valence-corrected chi connectivity index (χ4v) is 2.09. The summed E-state index contributed by atoms with van der Waals surface area (Å²) in [5, 5.41) is 21.4. The van der Waals surface area contributed by atoms with Crippen molar-refractivity contribution in [1.82, 2.24) is 5.32 Å². The molecule has 22 heavy (non-hydrogen) atoms. The molecule has 6 heteroatoms. The van der Waals surface area contributed by atoms with E-state index in [1.807, 2.05) is 13.8 Å². The van der Waals surface area contributed by atoms with Gasteiger partial charge in [0.25, 0.3) is 0 Å². The number of methoxy groups -OCH3 is 1. The number of hydrogen-bond acceptors (Lipinski definition) is 4. The molecule has 0 aromatic heterocycles. The highest BCUT2D eigenvalue weighted by Gasteiger charge is 2.21. The first-order valence-electron chi connectivity index (χ1n) is 7.21. The first-order chi connectivity index (χ1) is 10.3. The first-order valence-corrected chi connectivity index (χ1v) is 7.21. The quantitative estimate of drug-likeness (QED) is 0.682. The number of carbonyl (C=O) groups is 2. The molecule has 0 spiro atoms. The van der Waals surface area contributed by atoms with Gasteiger partial charge in [-0.1, -0.05) is 19.9 Å². The monoisotopic (exact) mass is 309 g/mol. The van der Waals surface area contributed by atoms with Gasteiger partial charge in [0.2, 0.25) is 5.91 Å². The highest BCUT2D eigenvalue weighted by Crippen LogP contribution is 2.24. The van der Waals surface area contributed by atoms with Crippen LogP contribution in [0.4, 0.5) is 0 Å². The third-order valence-electron chi connectivity index (χ3n) is 3.25. The average molecular weight is 309 g/mol. The minimum Gasteiger partial charge on any atom is -0.508 e. The van der Waals surface area contributed by atoms with Crippen LogP contribution < -0.4 is 10.1 Å². The molecule has 0 bridgehead atoms. The van der Waals surface area contributed by atoms with Crippen LogP contribution in [-0.2, 0) is 16.0 Å². The van der Waals surface area contributed by atoms with Crippen LogP contribution in [0.5, 0.6) is 11.5 Å². The van der Waals surface area contributed by atoms with Gasteiger partial charge < -0.3 is 20.3 Å². The fraction of sp³-hybridized carbons (Fsp3) is 0.500. The van der Waals surface area contributed by atoms with Crippen molar-refractivity contribution in [3.8, 4) is 11.5 Å². The van der Waals surface area contributed by atoms with Gasteiger partial charge >= 0.3 is 5.97 Å². The normalized spacial score (nSPS) is 12.0. The smallest absolute Gasteiger partial charge is 0.326 e. The van der Waals surface area contributed by atoms with Crippen molar-refractivity contribution in [3.05, 3.63) is 23.8 Å². The maximum Gasteiger partial charge on any atom is 0.326 e. The predicted molar refractivity (Wildman–Crippen MR) is 82.0 cm³/mol. The highest BCUT2D eigenvalue weighted by molar-refractivity contribution is 5.83. The zero-order valence-electron chi connectivity index (χ0n) is 13.1. The lowest BCUT2D eigenvalue weighted by Crippen LogP contribution is -2.41. The number of aryl methyl sites for hydroxylation is 1. The van der Waals surface area contributed by atoms with E-state index >= 15 is 0 Å². The molecule has 0 saturated heterocycles. The number of amides is 1. The molecule has 0 saturated carbocycles. The number of benzene rings is 1. The van der Waals surface area contributed by atoms with Crippen molar-refractivity contribution in [2.75, 3.05) is 7.11 Å². The van der Waals surface area contributed by atoms with Crippen LogP contribution in [-0.4, -0.2) is 35.2 Å². The topological polar surface area (TPSA) is 95.9 Å². The van der Waals surface area contributed by atoms with Crippen LogP contribution in [0.25, 0.3) is 0 Å². The van der Waals surface area contributed by atoms with Crippen LogP contribution in [0.2, 0.25) is 0 Å². The van der Waals surface area contributed by atoms with E-state index in [1.165, 1.54) is 13.2 Å². The molecule has 6 nitrogen and oxygen atoms in total. The second-order valence-corrected chi connectivity index (χ2v) is 5.58. The fourth-order valence-electron chi connectivity index (χ4n) is 2.09. The van der Waals surface area contributed by atoms with Gasteiger partial charge in [-0.15, -0.1) is 0 Å². The largest absolute Gasteiger partial charge is 0.508 e. The Balaban J connectivity index is 2.56. The zero-order chi connectivity index (χ0) is 16.7. The molecule has 1 aromatic carbocycles. The number of carbonyl (C=O) groups excluding carboxylic acids is 1. The summed E-state index contributed by atoms with van der Waals surface area (Å²) in [6.07, 6.45) is 0.826. The van der Waals surface area contributed by atoms with Crippen molar-refractivity contribution in [3.63, 3.8) is 0 Å². The van der Waals surface area contributed by atoms with Gasteiger partial charge in [0.1, 0.15) is 17.5 Å². The molecule has 0 radical (unpaired) electrons. The van der Waals surface area contributed by atoms with Gasteiger partial charge in [0.15, 0.2) is 0 Å². The molecule has 1 unspecified atom stereocenters. The minimum atomic E-state index is -1.03. The van der Waals surface area contributed by atoms with Crippen LogP contribution in [0.15, 0.2) is 18.2 Å². The van der Waals surface area contributed by atoms with Crippen LogP contribution in [0.1, 0.15) is 32.3 Å². The molecule has 0 heterocycles. The minimum absolute atomic E-state index is 0.0594. The van der Waals surface area contributed by atoms with E-state index in [9.17, 15) is 14.7 Å². The third kappa shape index (κ3) is 5.63. The van der Waals surface area contributed by atoms with Gasteiger partial charge in [0.05, 0.1) is 7.11 Å². The second kappa shape index (κ2) is 8.26. The summed E-state index contributed by atoms with van der Waals surface area (Å²) in [7, 11) is 1.50. The van der Waals surface area contributed by atoms with E-state index in [1.54, 1.807) is 12.1 Å². The van der Waals surface area contributed by atoms with Crippen molar-refractivity contribution in [2.45, 2.75) is 39.2 Å². The third-order valence-corrected chi connectivity index (χ3v) is 3.25. The number of phenolic OH excluding ortho intramolecular Hbond substituents is 1. The number of hydrogen-bond donors (Lipinski definition) is 3. The second-order valence-electron chi connectivity index (χ2n) is 5.58. The Bertz CT molecular complexity index is 527. The summed E-state index contributed by atoms with van der Waals surface area (Å²) >= 11 is 0. The number of nitrogens with one attached hydrogen (secondary N) is 1. The van der Waals surface area contributed by atoms with Gasteiger partial charge in [-0.05, 0) is 30.4 Å². The Morgan fingerprint density at radius 3 is 2.50 bits per heavy atom. The van der Waals surface area contributed by atoms with E-state index in [0.717, 1.165) is 0 Å². The summed E-state index contributed by atoms with van der Waals surface area (Å²) in [4.78, 5) is 23.0. The Hall–Kier alpha value is -2.24. The molecule has 0 aliphatic rings. The zero-order valence-corrected chi connectivity index (χ0v) is 13.1. The highest BCUT2D eigenvalue weighted by atomic mass is 16.5. The van der Waals surface area contributed by atoms with Gasteiger partial charge in [0, 0.05) is 12.5 Å². The molecule has 1 rings (SSSR count). The number of aliphatic carboxylic acids is 1. The van der Waals surface area contributed by atoms with E-state index < -0.39 is 12.0 Å². The Labute approximate surface area is 130 Å². The molecule has 0 fully saturated rings. The number of rotatable bonds is 8. The average Bonchev–Trinajstić information content (AvgIpc) is 2.44. The summed E-state index contributed by atoms with van der Waals surface area (Å²) in [5.74, 6) is -0.609. The molecule has 0 aliphatic carbocycles. The maximum absolute atomic E-state index is 11.9. The Morgan fingerprint density at radius 1 is 1.32 bits per heavy atom. The Kier molecular flexibility index (Phi) is 6.69. The van der Waals surface area contributed by atoms with E-state index in [4.69, 9.17) is 9.84 Å². The molecule has 122 valence electrons. The van der Waals surface area contributed by atoms with Crippen molar-refractivity contribution in [1.29, 1.82) is 0 Å². The lowest BCUT2D eigenvalue weighted by Gasteiger charge is -2.16. The molecule has 1 aromatic rings. The SMILES string of the molecule is COc1ccc(CCC(=O)NC(CC(C)C)C(=O)O)c(O)c1. The number of aromatic hydroxyl groups is 1. The van der Waals surface area contributed by atoms with Crippen LogP contribution in [0, 0.1) is 5.92 Å². The van der Waals surface area contributed by atoms with Gasteiger partial charge in [-0.2, -0.15) is 0 Å². The van der Waals surface area contributed by atoms with Crippen molar-refractivity contribution >= 4 is 11.9 Å². The van der Waals surface area contributed by atoms with Crippen molar-refractivity contribution in [2.24, 2.45) is 5.92 Å². The summed E-state index contributed by atoms with van der Waals surface area (Å²) in [6, 6.07) is 3.99. The standard InChI is InChI=1S/C16H23NO5/c1-10(2)8-13(16(20)21)17-15(19)7-5-11-4-6-12(22-3)9-14(11)18/h4,6,9-10,13,18H,5,7-8H2,1-3H3,(H,17,19)(H,20,21). The predicted octanol–water partition coefficient (Wildman–Crippen LogP) is 1.95. The maximum atomic E-state index is 11.9. The lowest BCUT2D eigenvalue weighted by molar-refractivity contribution is -0.142. The lowest BCUT2D eigenvalue weighted by atomic mass is 10.0. The van der Waals surface area contributed by atoms with E-state index in [0.29, 0.717) is 24.2 Å². The van der Waals surface area contributed by atoms with E-state index in [-0.39, 0.29) is 24.0 Å². The molecular weight excluding hydrogens is 286 g/mol. The number of phenols is 1. The molecular formula is C16H23NO5. The van der Waals surface area contributed by atoms with E-state index in [2.05, 4.69) is 5.32 Å². The summed E-state index contributed by atoms with van der Waals surface area (Å²) in [5.41, 5.74) is 0.617. The number of carboxylic acids is 1. The van der Waals surface area contributed by atoms with Crippen molar-refractivity contribution < 1.29 is 24.5 Å². The summed E-state index contributed by atoms with van der Waals surface area (Å²) in [6.45, 7) is 3.80. The molecule has 1 atom stereocenters. The first kappa shape index (κ1) is 17.8. The van der Waals surface area contributed by atoms with Gasteiger partial charge in [-0.25, -0.2) is 4.79 Å². The number of ether oxygens (including phenoxy) is 1.